The molecule has 128 valence electrons. The van der Waals surface area contributed by atoms with E-state index in [1.807, 2.05) is 37.3 Å². The van der Waals surface area contributed by atoms with E-state index < -0.39 is 5.60 Å². The molecule has 2 aromatic rings. The zero-order valence-corrected chi connectivity index (χ0v) is 14.2. The number of likely N-dealkylation sites (tertiary alicyclic amines) is 1. The molecule has 0 bridgehead atoms. The second-order valence-electron chi connectivity index (χ2n) is 7.48. The number of hydrogen-bond acceptors (Lipinski definition) is 5. The van der Waals surface area contributed by atoms with Crippen LogP contribution < -0.4 is 0 Å². The summed E-state index contributed by atoms with van der Waals surface area (Å²) in [6.07, 6.45) is 4.55. The van der Waals surface area contributed by atoms with Crippen LogP contribution in [-0.4, -0.2) is 39.8 Å². The topological polar surface area (TPSA) is 62.4 Å². The van der Waals surface area contributed by atoms with Gasteiger partial charge in [-0.25, -0.2) is 0 Å². The summed E-state index contributed by atoms with van der Waals surface area (Å²) in [6, 6.07) is 9.90. The zero-order chi connectivity index (χ0) is 16.6. The maximum Gasteiger partial charge on any atom is 0.229 e. The number of nitrogens with zero attached hydrogens (tertiary/aromatic N) is 3. The smallest absolute Gasteiger partial charge is 0.229 e. The van der Waals surface area contributed by atoms with Gasteiger partial charge in [0.15, 0.2) is 5.82 Å². The highest BCUT2D eigenvalue weighted by Crippen LogP contribution is 2.39. The van der Waals surface area contributed by atoms with Crippen molar-refractivity contribution in [2.45, 2.75) is 50.0 Å². The minimum atomic E-state index is -0.848. The number of β-amino-alcohol motifs (C(OH)–C–C–N with tert-alkyl or cyclic N) is 1. The molecule has 5 heteroatoms. The van der Waals surface area contributed by atoms with E-state index in [0.717, 1.165) is 43.2 Å². The predicted molar refractivity (Wildman–Crippen MR) is 90.7 cm³/mol. The van der Waals surface area contributed by atoms with Crippen LogP contribution in [0.4, 0.5) is 0 Å². The Labute approximate surface area is 142 Å². The van der Waals surface area contributed by atoms with E-state index in [0.29, 0.717) is 18.4 Å². The van der Waals surface area contributed by atoms with Crippen LogP contribution in [0.3, 0.4) is 0 Å². The van der Waals surface area contributed by atoms with Crippen LogP contribution in [0.1, 0.15) is 61.7 Å². The van der Waals surface area contributed by atoms with E-state index in [1.165, 1.54) is 12.8 Å². The molecule has 24 heavy (non-hydrogen) atoms. The molecule has 0 radical (unpaired) electrons. The molecule has 1 saturated heterocycles. The van der Waals surface area contributed by atoms with Crippen molar-refractivity contribution in [2.24, 2.45) is 0 Å². The Bertz CT molecular complexity index is 679. The molecule has 1 aliphatic heterocycles. The first-order chi connectivity index (χ1) is 11.6. The molecule has 1 saturated carbocycles. The minimum absolute atomic E-state index is 0.307. The van der Waals surface area contributed by atoms with Crippen molar-refractivity contribution in [1.29, 1.82) is 0 Å². The number of hydrogen-bond donors (Lipinski definition) is 1. The van der Waals surface area contributed by atoms with Gasteiger partial charge in [0.05, 0.1) is 5.60 Å². The number of piperidine rings is 1. The van der Waals surface area contributed by atoms with Gasteiger partial charge in [-0.1, -0.05) is 35.5 Å². The fraction of sp³-hybridized carbons (Fsp3) is 0.579. The van der Waals surface area contributed by atoms with Gasteiger partial charge in [0, 0.05) is 24.9 Å². The first kappa shape index (κ1) is 15.8. The van der Waals surface area contributed by atoms with Gasteiger partial charge < -0.3 is 9.63 Å². The molecule has 0 spiro atoms. The standard InChI is InChI=1S/C19H25N3O2/c1-19(23,16-7-3-2-4-8-16)13-22-11-5-6-15(12-22)17-20-18(24-21-17)14-9-10-14/h2-4,7-8,14-15,23H,5-6,9-13H2,1H3/t15-,19-/m0/s1. The number of benzene rings is 1. The molecule has 1 N–H and O–H groups in total. The fourth-order valence-corrected chi connectivity index (χ4v) is 3.64. The Hall–Kier alpha value is -1.72. The predicted octanol–water partition coefficient (Wildman–Crippen LogP) is 3.03. The molecule has 2 heterocycles. The van der Waals surface area contributed by atoms with Crippen LogP contribution in [0.25, 0.3) is 0 Å². The lowest BCUT2D eigenvalue weighted by atomic mass is 9.92. The van der Waals surface area contributed by atoms with Crippen LogP contribution in [0.5, 0.6) is 0 Å². The molecule has 1 aromatic heterocycles. The summed E-state index contributed by atoms with van der Waals surface area (Å²) >= 11 is 0. The average Bonchev–Trinajstić information content (AvgIpc) is 3.32. The van der Waals surface area contributed by atoms with Crippen molar-refractivity contribution in [3.8, 4) is 0 Å². The summed E-state index contributed by atoms with van der Waals surface area (Å²) in [5, 5.41) is 15.1. The lowest BCUT2D eigenvalue weighted by Gasteiger charge is -2.36. The van der Waals surface area contributed by atoms with Gasteiger partial charge in [-0.15, -0.1) is 0 Å². The van der Waals surface area contributed by atoms with Crippen LogP contribution in [0.15, 0.2) is 34.9 Å². The maximum absolute atomic E-state index is 10.9. The first-order valence-electron chi connectivity index (χ1n) is 8.95. The van der Waals surface area contributed by atoms with E-state index in [2.05, 4.69) is 15.0 Å². The van der Waals surface area contributed by atoms with E-state index in [-0.39, 0.29) is 0 Å². The number of aliphatic hydroxyl groups is 1. The average molecular weight is 327 g/mol. The molecule has 2 fully saturated rings. The maximum atomic E-state index is 10.9. The van der Waals surface area contributed by atoms with Crippen molar-refractivity contribution in [2.75, 3.05) is 19.6 Å². The third-order valence-electron chi connectivity index (χ3n) is 5.18. The monoisotopic (exact) mass is 327 g/mol. The summed E-state index contributed by atoms with van der Waals surface area (Å²) in [5.41, 5.74) is 0.113. The third kappa shape index (κ3) is 3.37. The largest absolute Gasteiger partial charge is 0.384 e. The van der Waals surface area contributed by atoms with Crippen molar-refractivity contribution in [3.63, 3.8) is 0 Å². The van der Waals surface area contributed by atoms with Gasteiger partial charge in [-0.2, -0.15) is 4.98 Å². The van der Waals surface area contributed by atoms with E-state index in [1.54, 1.807) is 0 Å². The van der Waals surface area contributed by atoms with Crippen molar-refractivity contribution in [1.82, 2.24) is 15.0 Å². The summed E-state index contributed by atoms with van der Waals surface area (Å²) in [4.78, 5) is 6.95. The molecule has 0 amide bonds. The van der Waals surface area contributed by atoms with Crippen molar-refractivity contribution < 1.29 is 9.63 Å². The molecule has 4 rings (SSSR count). The molecule has 2 atom stereocenters. The van der Waals surface area contributed by atoms with E-state index in [4.69, 9.17) is 4.52 Å². The minimum Gasteiger partial charge on any atom is -0.384 e. The second kappa shape index (κ2) is 6.30. The molecule has 1 aliphatic carbocycles. The van der Waals surface area contributed by atoms with Gasteiger partial charge in [0.1, 0.15) is 0 Å². The lowest BCUT2D eigenvalue weighted by molar-refractivity contribution is 0.00748. The summed E-state index contributed by atoms with van der Waals surface area (Å²) < 4.78 is 5.42. The van der Waals surface area contributed by atoms with Crippen LogP contribution in [-0.2, 0) is 5.60 Å². The fourth-order valence-electron chi connectivity index (χ4n) is 3.64. The van der Waals surface area contributed by atoms with Gasteiger partial charge in [0.2, 0.25) is 5.89 Å². The Morgan fingerprint density at radius 3 is 2.75 bits per heavy atom. The van der Waals surface area contributed by atoms with E-state index >= 15 is 0 Å². The Morgan fingerprint density at radius 2 is 2.00 bits per heavy atom. The third-order valence-corrected chi connectivity index (χ3v) is 5.18. The molecular weight excluding hydrogens is 302 g/mol. The lowest BCUT2D eigenvalue weighted by Crippen LogP contribution is -2.43. The summed E-state index contributed by atoms with van der Waals surface area (Å²) in [7, 11) is 0. The molecule has 5 nitrogen and oxygen atoms in total. The van der Waals surface area contributed by atoms with Crippen molar-refractivity contribution in [3.05, 3.63) is 47.6 Å². The highest BCUT2D eigenvalue weighted by molar-refractivity contribution is 5.22. The van der Waals surface area contributed by atoms with E-state index in [9.17, 15) is 5.11 Å². The normalized spacial score (nSPS) is 24.7. The van der Waals surface area contributed by atoms with Gasteiger partial charge in [0.25, 0.3) is 0 Å². The Balaban J connectivity index is 1.42. The second-order valence-corrected chi connectivity index (χ2v) is 7.48. The van der Waals surface area contributed by atoms with Gasteiger partial charge >= 0.3 is 0 Å². The number of rotatable bonds is 5. The van der Waals surface area contributed by atoms with Crippen molar-refractivity contribution >= 4 is 0 Å². The van der Waals surface area contributed by atoms with Gasteiger partial charge in [-0.3, -0.25) is 4.90 Å². The molecule has 2 aliphatic rings. The summed E-state index contributed by atoms with van der Waals surface area (Å²) in [6.45, 7) is 4.41. The highest BCUT2D eigenvalue weighted by atomic mass is 16.5. The zero-order valence-electron chi connectivity index (χ0n) is 14.2. The number of aromatic nitrogens is 2. The quantitative estimate of drug-likeness (QED) is 0.914. The van der Waals surface area contributed by atoms with Crippen LogP contribution in [0, 0.1) is 0 Å². The molecule has 1 aromatic carbocycles. The first-order valence-corrected chi connectivity index (χ1v) is 8.95. The SMILES string of the molecule is C[C@](O)(CN1CCC[C@H](c2noc(C3CC3)n2)C1)c1ccccc1. The Morgan fingerprint density at radius 1 is 1.21 bits per heavy atom. The highest BCUT2D eigenvalue weighted by Gasteiger charge is 2.33. The Kier molecular flexibility index (Phi) is 4.14. The van der Waals surface area contributed by atoms with Crippen LogP contribution >= 0.6 is 0 Å². The van der Waals surface area contributed by atoms with Crippen LogP contribution in [0.2, 0.25) is 0 Å². The molecular formula is C19H25N3O2. The summed E-state index contributed by atoms with van der Waals surface area (Å²) in [5.74, 6) is 2.48. The van der Waals surface area contributed by atoms with Gasteiger partial charge in [-0.05, 0) is 44.7 Å². The molecule has 0 unspecified atom stereocenters.